The Labute approximate surface area is 97.8 Å². The zero-order valence-electron chi connectivity index (χ0n) is 9.48. The van der Waals surface area contributed by atoms with Crippen molar-refractivity contribution in [2.45, 2.75) is 6.18 Å². The van der Waals surface area contributed by atoms with Crippen LogP contribution in [0.1, 0.15) is 11.1 Å². The summed E-state index contributed by atoms with van der Waals surface area (Å²) in [5.41, 5.74) is -0.302. The molecule has 0 fully saturated rings. The van der Waals surface area contributed by atoms with Crippen molar-refractivity contribution in [1.82, 2.24) is 5.32 Å². The second kappa shape index (κ2) is 5.60. The molecule has 0 aromatic heterocycles. The van der Waals surface area contributed by atoms with Crippen LogP contribution in [0.15, 0.2) is 18.2 Å². The van der Waals surface area contributed by atoms with Crippen molar-refractivity contribution in [3.8, 4) is 17.6 Å². The monoisotopic (exact) mass is 243 g/mol. The van der Waals surface area contributed by atoms with Gasteiger partial charge < -0.3 is 10.1 Å². The molecule has 1 rings (SSSR count). The highest BCUT2D eigenvalue weighted by molar-refractivity contribution is 5.45. The summed E-state index contributed by atoms with van der Waals surface area (Å²) in [6, 6.07) is 3.59. The number of alkyl halides is 3. The van der Waals surface area contributed by atoms with Crippen LogP contribution in [0, 0.1) is 11.8 Å². The van der Waals surface area contributed by atoms with Crippen molar-refractivity contribution < 1.29 is 17.9 Å². The van der Waals surface area contributed by atoms with Gasteiger partial charge in [0.25, 0.3) is 0 Å². The fourth-order valence-electron chi connectivity index (χ4n) is 1.24. The molecule has 1 aromatic rings. The molecule has 0 radical (unpaired) electrons. The van der Waals surface area contributed by atoms with Crippen molar-refractivity contribution in [3.63, 3.8) is 0 Å². The van der Waals surface area contributed by atoms with E-state index in [1.165, 1.54) is 19.2 Å². The van der Waals surface area contributed by atoms with Crippen molar-refractivity contribution in [1.29, 1.82) is 0 Å². The van der Waals surface area contributed by atoms with Crippen LogP contribution in [0.25, 0.3) is 0 Å². The van der Waals surface area contributed by atoms with Crippen molar-refractivity contribution in [3.05, 3.63) is 29.3 Å². The lowest BCUT2D eigenvalue weighted by molar-refractivity contribution is -0.138. The highest BCUT2D eigenvalue weighted by Crippen LogP contribution is 2.36. The Morgan fingerprint density at radius 3 is 2.59 bits per heavy atom. The predicted octanol–water partition coefficient (Wildman–Crippen LogP) is 2.28. The standard InChI is InChI=1S/C12H12F3NO/c1-16-7-3-4-9-5-6-10(12(13,14)15)11(8-9)17-2/h5-6,8,16H,7H2,1-2H3. The topological polar surface area (TPSA) is 21.3 Å². The van der Waals surface area contributed by atoms with Crippen LogP contribution in [0.4, 0.5) is 13.2 Å². The molecule has 1 aromatic carbocycles. The number of hydrogen-bond donors (Lipinski definition) is 1. The van der Waals surface area contributed by atoms with Gasteiger partial charge in [-0.05, 0) is 25.2 Å². The molecular formula is C12H12F3NO. The minimum atomic E-state index is -4.41. The molecule has 0 aliphatic rings. The minimum absolute atomic E-state index is 0.214. The maximum absolute atomic E-state index is 12.5. The van der Waals surface area contributed by atoms with Gasteiger partial charge in [-0.3, -0.25) is 0 Å². The van der Waals surface area contributed by atoms with Crippen molar-refractivity contribution in [2.75, 3.05) is 20.7 Å². The molecule has 0 saturated carbocycles. The number of hydrogen-bond acceptors (Lipinski definition) is 2. The van der Waals surface area contributed by atoms with Crippen LogP contribution < -0.4 is 10.1 Å². The second-order valence-corrected chi connectivity index (χ2v) is 3.24. The van der Waals surface area contributed by atoms with E-state index >= 15 is 0 Å². The molecule has 0 aliphatic carbocycles. The quantitative estimate of drug-likeness (QED) is 0.805. The summed E-state index contributed by atoms with van der Waals surface area (Å²) in [4.78, 5) is 0. The molecule has 0 amide bonds. The maximum Gasteiger partial charge on any atom is 0.419 e. The summed E-state index contributed by atoms with van der Waals surface area (Å²) < 4.78 is 42.4. The number of methoxy groups -OCH3 is 1. The molecule has 1 N–H and O–H groups in total. The lowest BCUT2D eigenvalue weighted by Crippen LogP contribution is -2.07. The fourth-order valence-corrected chi connectivity index (χ4v) is 1.24. The number of nitrogens with one attached hydrogen (secondary N) is 1. The van der Waals surface area contributed by atoms with Gasteiger partial charge >= 0.3 is 6.18 Å². The van der Waals surface area contributed by atoms with Crippen LogP contribution in [-0.4, -0.2) is 20.7 Å². The van der Waals surface area contributed by atoms with Gasteiger partial charge in [0.15, 0.2) is 0 Å². The first kappa shape index (κ1) is 13.4. The SMILES string of the molecule is CNCC#Cc1ccc(C(F)(F)F)c(OC)c1. The number of benzene rings is 1. The Morgan fingerprint density at radius 2 is 2.06 bits per heavy atom. The molecule has 92 valence electrons. The maximum atomic E-state index is 12.5. The summed E-state index contributed by atoms with van der Waals surface area (Å²) in [6.45, 7) is 0.476. The Hall–Kier alpha value is -1.67. The lowest BCUT2D eigenvalue weighted by Gasteiger charge is -2.11. The Balaban J connectivity index is 3.06. The second-order valence-electron chi connectivity index (χ2n) is 3.24. The number of ether oxygens (including phenoxy) is 1. The molecular weight excluding hydrogens is 231 g/mol. The van der Waals surface area contributed by atoms with Crippen LogP contribution in [0.2, 0.25) is 0 Å². The van der Waals surface area contributed by atoms with Crippen molar-refractivity contribution >= 4 is 0 Å². The Kier molecular flexibility index (Phi) is 4.41. The zero-order chi connectivity index (χ0) is 12.9. The first-order chi connectivity index (χ1) is 7.99. The van der Waals surface area contributed by atoms with Crippen LogP contribution in [0.3, 0.4) is 0 Å². The molecule has 2 nitrogen and oxygen atoms in total. The van der Waals surface area contributed by atoms with Gasteiger partial charge in [-0.1, -0.05) is 11.8 Å². The fraction of sp³-hybridized carbons (Fsp3) is 0.333. The molecule has 0 spiro atoms. The van der Waals surface area contributed by atoms with Gasteiger partial charge in [-0.2, -0.15) is 13.2 Å². The largest absolute Gasteiger partial charge is 0.496 e. The van der Waals surface area contributed by atoms with E-state index in [2.05, 4.69) is 17.2 Å². The van der Waals surface area contributed by atoms with Gasteiger partial charge in [-0.15, -0.1) is 0 Å². The smallest absolute Gasteiger partial charge is 0.419 e. The van der Waals surface area contributed by atoms with Gasteiger partial charge in [-0.25, -0.2) is 0 Å². The predicted molar refractivity (Wildman–Crippen MR) is 58.8 cm³/mol. The molecule has 0 heterocycles. The van der Waals surface area contributed by atoms with Crippen molar-refractivity contribution in [2.24, 2.45) is 0 Å². The van der Waals surface area contributed by atoms with Gasteiger partial charge in [0.1, 0.15) is 5.75 Å². The minimum Gasteiger partial charge on any atom is -0.496 e. The lowest BCUT2D eigenvalue weighted by atomic mass is 10.1. The summed E-state index contributed by atoms with van der Waals surface area (Å²) in [5.74, 6) is 5.29. The number of rotatable bonds is 2. The van der Waals surface area contributed by atoms with E-state index in [0.717, 1.165) is 6.07 Å². The zero-order valence-corrected chi connectivity index (χ0v) is 9.48. The third-order valence-electron chi connectivity index (χ3n) is 2.00. The highest BCUT2D eigenvalue weighted by Gasteiger charge is 2.34. The molecule has 0 aliphatic heterocycles. The van der Waals surface area contributed by atoms with E-state index < -0.39 is 11.7 Å². The first-order valence-electron chi connectivity index (χ1n) is 4.87. The third-order valence-corrected chi connectivity index (χ3v) is 2.00. The summed E-state index contributed by atoms with van der Waals surface area (Å²) in [6.07, 6.45) is -4.41. The normalized spacial score (nSPS) is 10.6. The van der Waals surface area contributed by atoms with Crippen LogP contribution in [-0.2, 0) is 6.18 Å². The first-order valence-corrected chi connectivity index (χ1v) is 4.87. The molecule has 0 unspecified atom stereocenters. The molecule has 0 bridgehead atoms. The number of halogens is 3. The Morgan fingerprint density at radius 1 is 1.35 bits per heavy atom. The molecule has 5 heteroatoms. The van der Waals surface area contributed by atoms with E-state index in [4.69, 9.17) is 4.74 Å². The molecule has 17 heavy (non-hydrogen) atoms. The summed E-state index contributed by atoms with van der Waals surface area (Å²) in [7, 11) is 2.94. The Bertz CT molecular complexity index is 443. The molecule has 0 saturated heterocycles. The van der Waals surface area contributed by atoms with E-state index in [0.29, 0.717) is 12.1 Å². The average Bonchev–Trinajstić information content (AvgIpc) is 2.28. The van der Waals surface area contributed by atoms with E-state index in [1.807, 2.05) is 0 Å². The van der Waals surface area contributed by atoms with Crippen LogP contribution in [0.5, 0.6) is 5.75 Å². The average molecular weight is 243 g/mol. The summed E-state index contributed by atoms with van der Waals surface area (Å²) in [5, 5.41) is 2.82. The third kappa shape index (κ3) is 3.68. The van der Waals surface area contributed by atoms with E-state index in [1.54, 1.807) is 7.05 Å². The van der Waals surface area contributed by atoms with Gasteiger partial charge in [0.05, 0.1) is 19.2 Å². The molecule has 0 atom stereocenters. The highest BCUT2D eigenvalue weighted by atomic mass is 19.4. The van der Waals surface area contributed by atoms with Gasteiger partial charge in [0.2, 0.25) is 0 Å². The van der Waals surface area contributed by atoms with E-state index in [9.17, 15) is 13.2 Å². The van der Waals surface area contributed by atoms with Gasteiger partial charge in [0, 0.05) is 5.56 Å². The summed E-state index contributed by atoms with van der Waals surface area (Å²) >= 11 is 0. The van der Waals surface area contributed by atoms with Crippen LogP contribution >= 0.6 is 0 Å². The van der Waals surface area contributed by atoms with E-state index in [-0.39, 0.29) is 5.75 Å².